The van der Waals surface area contributed by atoms with Crippen LogP contribution >= 0.6 is 0 Å². The topological polar surface area (TPSA) is 46.6 Å². The third kappa shape index (κ3) is 3.41. The number of benzene rings is 1. The van der Waals surface area contributed by atoms with Gasteiger partial charge in [-0.05, 0) is 31.4 Å². The van der Waals surface area contributed by atoms with Gasteiger partial charge in [0.25, 0.3) is 0 Å². The van der Waals surface area contributed by atoms with Crippen LogP contribution in [0.15, 0.2) is 24.3 Å². The van der Waals surface area contributed by atoms with Crippen LogP contribution < -0.4 is 0 Å². The number of likely N-dealkylation sites (tertiary alicyclic amines) is 1. The number of carbonyl (C=O) groups excluding carboxylic acids is 2. The maximum Gasteiger partial charge on any atom is 0.339 e. The molecule has 1 aromatic carbocycles. The molecule has 0 bridgehead atoms. The van der Waals surface area contributed by atoms with Crippen molar-refractivity contribution in [1.82, 2.24) is 4.90 Å². The lowest BCUT2D eigenvalue weighted by molar-refractivity contribution is -0.115. The molecule has 1 atom stereocenters. The molecule has 1 heterocycles. The zero-order chi connectivity index (χ0) is 13.7. The standard InChI is InChI=1S/C15H19NO3/c1-12-6-2-3-8-14(12)15(18)19-11-16-9-5-4-7-13(16)10-17/h2-3,6,8,10,13H,4-5,7,9,11H2,1H3. The third-order valence-corrected chi connectivity index (χ3v) is 3.55. The second-order valence-electron chi connectivity index (χ2n) is 4.89. The van der Waals surface area contributed by atoms with Gasteiger partial charge in [0.1, 0.15) is 13.0 Å². The number of aryl methyl sites for hydroxylation is 1. The van der Waals surface area contributed by atoms with E-state index in [4.69, 9.17) is 4.74 Å². The van der Waals surface area contributed by atoms with Crippen molar-refractivity contribution < 1.29 is 14.3 Å². The lowest BCUT2D eigenvalue weighted by Gasteiger charge is -2.31. The van der Waals surface area contributed by atoms with Crippen LogP contribution in [-0.2, 0) is 9.53 Å². The summed E-state index contributed by atoms with van der Waals surface area (Å²) >= 11 is 0. The van der Waals surface area contributed by atoms with E-state index in [9.17, 15) is 9.59 Å². The number of esters is 1. The molecule has 102 valence electrons. The fraction of sp³-hybridized carbons (Fsp3) is 0.467. The number of hydrogen-bond acceptors (Lipinski definition) is 4. The molecule has 1 aliphatic rings. The summed E-state index contributed by atoms with van der Waals surface area (Å²) in [5.74, 6) is -0.326. The molecule has 1 unspecified atom stereocenters. The van der Waals surface area contributed by atoms with E-state index in [0.717, 1.165) is 37.7 Å². The summed E-state index contributed by atoms with van der Waals surface area (Å²) < 4.78 is 5.31. The van der Waals surface area contributed by atoms with Gasteiger partial charge in [-0.3, -0.25) is 4.90 Å². The van der Waals surface area contributed by atoms with Crippen LogP contribution in [0.1, 0.15) is 35.2 Å². The molecule has 0 radical (unpaired) electrons. The Kier molecular flexibility index (Phi) is 4.68. The second-order valence-corrected chi connectivity index (χ2v) is 4.89. The van der Waals surface area contributed by atoms with Gasteiger partial charge in [0.15, 0.2) is 0 Å². The highest BCUT2D eigenvalue weighted by Gasteiger charge is 2.23. The minimum atomic E-state index is -0.326. The molecule has 0 spiro atoms. The predicted molar refractivity (Wildman–Crippen MR) is 71.9 cm³/mol. The van der Waals surface area contributed by atoms with E-state index in [2.05, 4.69) is 0 Å². The molecule has 4 heteroatoms. The van der Waals surface area contributed by atoms with Crippen molar-refractivity contribution in [2.75, 3.05) is 13.3 Å². The molecule has 19 heavy (non-hydrogen) atoms. The first-order valence-electron chi connectivity index (χ1n) is 6.64. The van der Waals surface area contributed by atoms with Gasteiger partial charge in [0.05, 0.1) is 11.6 Å². The number of rotatable bonds is 4. The summed E-state index contributed by atoms with van der Waals surface area (Å²) in [7, 11) is 0. The van der Waals surface area contributed by atoms with E-state index >= 15 is 0 Å². The van der Waals surface area contributed by atoms with Crippen LogP contribution in [0.2, 0.25) is 0 Å². The van der Waals surface area contributed by atoms with Gasteiger partial charge in [-0.25, -0.2) is 4.79 Å². The Bertz CT molecular complexity index is 458. The minimum Gasteiger partial charge on any atom is -0.446 e. The Labute approximate surface area is 113 Å². The monoisotopic (exact) mass is 261 g/mol. The summed E-state index contributed by atoms with van der Waals surface area (Å²) in [5.41, 5.74) is 1.49. The van der Waals surface area contributed by atoms with Crippen molar-refractivity contribution in [3.8, 4) is 0 Å². The van der Waals surface area contributed by atoms with E-state index in [1.54, 1.807) is 6.07 Å². The van der Waals surface area contributed by atoms with E-state index in [0.29, 0.717) is 5.56 Å². The maximum atomic E-state index is 12.0. The fourth-order valence-corrected chi connectivity index (χ4v) is 2.35. The summed E-state index contributed by atoms with van der Waals surface area (Å²) in [4.78, 5) is 24.8. The van der Waals surface area contributed by atoms with E-state index in [-0.39, 0.29) is 18.7 Å². The van der Waals surface area contributed by atoms with Crippen LogP contribution in [0, 0.1) is 6.92 Å². The van der Waals surface area contributed by atoms with Crippen LogP contribution in [0.25, 0.3) is 0 Å². The van der Waals surface area contributed by atoms with Crippen molar-refractivity contribution in [3.05, 3.63) is 35.4 Å². The van der Waals surface area contributed by atoms with E-state index in [1.807, 2.05) is 30.0 Å². The third-order valence-electron chi connectivity index (χ3n) is 3.55. The molecular formula is C15H19NO3. The van der Waals surface area contributed by atoms with Gasteiger partial charge in [0.2, 0.25) is 0 Å². The molecular weight excluding hydrogens is 242 g/mol. The highest BCUT2D eigenvalue weighted by molar-refractivity contribution is 5.90. The van der Waals surface area contributed by atoms with Gasteiger partial charge in [-0.15, -0.1) is 0 Å². The SMILES string of the molecule is Cc1ccccc1C(=O)OCN1CCCCC1C=O. The van der Waals surface area contributed by atoms with Gasteiger partial charge in [-0.2, -0.15) is 0 Å². The van der Waals surface area contributed by atoms with Crippen molar-refractivity contribution in [2.24, 2.45) is 0 Å². The molecule has 2 rings (SSSR count). The van der Waals surface area contributed by atoms with Gasteiger partial charge < -0.3 is 9.53 Å². The first-order chi connectivity index (χ1) is 9.22. The quantitative estimate of drug-likeness (QED) is 0.615. The Balaban J connectivity index is 1.93. The lowest BCUT2D eigenvalue weighted by atomic mass is 10.0. The summed E-state index contributed by atoms with van der Waals surface area (Å²) in [6, 6.07) is 7.23. The van der Waals surface area contributed by atoms with Crippen molar-refractivity contribution >= 4 is 12.3 Å². The maximum absolute atomic E-state index is 12.0. The molecule has 0 saturated carbocycles. The van der Waals surface area contributed by atoms with E-state index < -0.39 is 0 Å². The lowest BCUT2D eigenvalue weighted by Crippen LogP contribution is -2.42. The highest BCUT2D eigenvalue weighted by atomic mass is 16.5. The Morgan fingerprint density at radius 3 is 2.95 bits per heavy atom. The van der Waals surface area contributed by atoms with Crippen LogP contribution in [-0.4, -0.2) is 36.5 Å². The predicted octanol–water partition coefficient (Wildman–Crippen LogP) is 2.16. The van der Waals surface area contributed by atoms with Crippen molar-refractivity contribution in [3.63, 3.8) is 0 Å². The highest BCUT2D eigenvalue weighted by Crippen LogP contribution is 2.16. The van der Waals surface area contributed by atoms with E-state index in [1.165, 1.54) is 0 Å². The van der Waals surface area contributed by atoms with Crippen molar-refractivity contribution in [1.29, 1.82) is 0 Å². The number of piperidine rings is 1. The molecule has 0 aromatic heterocycles. The molecule has 0 amide bonds. The average molecular weight is 261 g/mol. The fourth-order valence-electron chi connectivity index (χ4n) is 2.35. The van der Waals surface area contributed by atoms with Gasteiger partial charge >= 0.3 is 5.97 Å². The smallest absolute Gasteiger partial charge is 0.339 e. The molecule has 1 saturated heterocycles. The first-order valence-corrected chi connectivity index (χ1v) is 6.64. The molecule has 4 nitrogen and oxygen atoms in total. The number of aldehydes is 1. The normalized spacial score (nSPS) is 19.9. The van der Waals surface area contributed by atoms with Crippen LogP contribution in [0.4, 0.5) is 0 Å². The number of nitrogens with zero attached hydrogens (tertiary/aromatic N) is 1. The summed E-state index contributed by atoms with van der Waals surface area (Å²) in [5, 5.41) is 0. The van der Waals surface area contributed by atoms with Gasteiger partial charge in [-0.1, -0.05) is 24.6 Å². The Hall–Kier alpha value is -1.68. The molecule has 1 fully saturated rings. The second kappa shape index (κ2) is 6.48. The van der Waals surface area contributed by atoms with Crippen LogP contribution in [0.3, 0.4) is 0 Å². The number of ether oxygens (including phenoxy) is 1. The van der Waals surface area contributed by atoms with Crippen molar-refractivity contribution in [2.45, 2.75) is 32.2 Å². The first kappa shape index (κ1) is 13.7. The average Bonchev–Trinajstić information content (AvgIpc) is 2.45. The Morgan fingerprint density at radius 1 is 1.42 bits per heavy atom. The van der Waals surface area contributed by atoms with Crippen LogP contribution in [0.5, 0.6) is 0 Å². The minimum absolute atomic E-state index is 0.113. The zero-order valence-electron chi connectivity index (χ0n) is 11.2. The summed E-state index contributed by atoms with van der Waals surface area (Å²) in [6.07, 6.45) is 3.91. The Morgan fingerprint density at radius 2 is 2.21 bits per heavy atom. The zero-order valence-corrected chi connectivity index (χ0v) is 11.2. The summed E-state index contributed by atoms with van der Waals surface area (Å²) in [6.45, 7) is 2.88. The molecule has 0 aliphatic carbocycles. The largest absolute Gasteiger partial charge is 0.446 e. The number of carbonyl (C=O) groups is 2. The number of hydrogen-bond donors (Lipinski definition) is 0. The molecule has 1 aliphatic heterocycles. The molecule has 1 aromatic rings. The van der Waals surface area contributed by atoms with Gasteiger partial charge in [0, 0.05) is 6.54 Å². The molecule has 0 N–H and O–H groups in total.